The van der Waals surface area contributed by atoms with Crippen LogP contribution in [0.25, 0.3) is 33.5 Å². The number of hydrogen-bond donors (Lipinski definition) is 1. The molecule has 4 bridgehead atoms. The monoisotopic (exact) mass is 598 g/mol. The van der Waals surface area contributed by atoms with E-state index in [-0.39, 0.29) is 11.9 Å². The minimum Gasteiger partial charge on any atom is -0.477 e. The van der Waals surface area contributed by atoms with Crippen LogP contribution in [-0.4, -0.2) is 79.2 Å². The van der Waals surface area contributed by atoms with Crippen LogP contribution in [-0.2, 0) is 7.05 Å². The Labute approximate surface area is 256 Å². The number of nitrogens with one attached hydrogen (secondary N) is 1. The molecule has 0 spiro atoms. The van der Waals surface area contributed by atoms with Crippen molar-refractivity contribution in [2.75, 3.05) is 50.1 Å². The number of ether oxygens (including phenoxy) is 1. The highest BCUT2D eigenvalue weighted by Crippen LogP contribution is 2.36. The zero-order valence-electron chi connectivity index (χ0n) is 26.0. The lowest BCUT2D eigenvalue weighted by Gasteiger charge is -2.25. The van der Waals surface area contributed by atoms with Gasteiger partial charge in [0.25, 0.3) is 0 Å². The molecule has 1 atom stereocenters. The van der Waals surface area contributed by atoms with Gasteiger partial charge < -0.3 is 19.9 Å². The molecule has 1 aliphatic heterocycles. The molecule has 0 aliphatic carbocycles. The van der Waals surface area contributed by atoms with E-state index in [0.29, 0.717) is 47.6 Å². The first-order valence-electron chi connectivity index (χ1n) is 15.3. The number of aromatic nitrogens is 7. The van der Waals surface area contributed by atoms with Gasteiger partial charge in [0.2, 0.25) is 5.88 Å². The lowest BCUT2D eigenvalue weighted by atomic mass is 10.1. The second-order valence-electron chi connectivity index (χ2n) is 11.1. The van der Waals surface area contributed by atoms with Crippen LogP contribution in [0.4, 0.5) is 21.7 Å². The summed E-state index contributed by atoms with van der Waals surface area (Å²) in [4.78, 5) is 18.3. The molecule has 5 aromatic rings. The summed E-state index contributed by atoms with van der Waals surface area (Å²) in [5.74, 6) is 2.04. The van der Waals surface area contributed by atoms with Crippen LogP contribution in [0.1, 0.15) is 39.7 Å². The summed E-state index contributed by atoms with van der Waals surface area (Å²) in [6, 6.07) is 8.96. The molecule has 0 radical (unpaired) electrons. The average molecular weight is 599 g/mol. The molecule has 12 heteroatoms. The van der Waals surface area contributed by atoms with Crippen LogP contribution in [0.3, 0.4) is 0 Å². The van der Waals surface area contributed by atoms with Crippen molar-refractivity contribution in [3.63, 3.8) is 0 Å². The third-order valence-electron chi connectivity index (χ3n) is 8.38. The quantitative estimate of drug-likeness (QED) is 0.242. The smallest absolute Gasteiger partial charge is 0.222 e. The third kappa shape index (κ3) is 5.81. The summed E-state index contributed by atoms with van der Waals surface area (Å²) < 4.78 is 25.2. The Morgan fingerprint density at radius 3 is 2.68 bits per heavy atom. The maximum absolute atomic E-state index is 15.1. The zero-order chi connectivity index (χ0) is 30.8. The summed E-state index contributed by atoms with van der Waals surface area (Å²) in [7, 11) is 3.85. The Morgan fingerprint density at radius 1 is 1.05 bits per heavy atom. The fraction of sp³-hybridized carbons (Fsp3) is 0.406. The highest BCUT2D eigenvalue weighted by Gasteiger charge is 2.22. The van der Waals surface area contributed by atoms with Gasteiger partial charge in [0.15, 0.2) is 5.82 Å². The number of anilines is 3. The number of nitrogens with zero attached hydrogens (tertiary/aromatic N) is 9. The van der Waals surface area contributed by atoms with Gasteiger partial charge in [0.1, 0.15) is 28.7 Å². The van der Waals surface area contributed by atoms with Crippen molar-refractivity contribution in [1.82, 2.24) is 39.4 Å². The minimum absolute atomic E-state index is 0.0277. The van der Waals surface area contributed by atoms with Gasteiger partial charge in [-0.05, 0) is 43.8 Å². The largest absolute Gasteiger partial charge is 0.477 e. The van der Waals surface area contributed by atoms with Crippen molar-refractivity contribution in [2.45, 2.75) is 39.7 Å². The van der Waals surface area contributed by atoms with Crippen LogP contribution in [0, 0.1) is 5.82 Å². The van der Waals surface area contributed by atoms with Gasteiger partial charge in [0.05, 0.1) is 24.4 Å². The molecule has 0 saturated carbocycles. The Bertz CT molecular complexity index is 1760. The first-order valence-corrected chi connectivity index (χ1v) is 15.3. The van der Waals surface area contributed by atoms with E-state index in [1.165, 1.54) is 0 Å². The SMILES string of the molecule is CC[C@H]1CCOc2c(cnn2C)-c2nccc(n2)Nc2cc3c(cn2)c(-c2cc(F)cc(N(C)CCN(CC)CC)c2)nn31. The van der Waals surface area contributed by atoms with E-state index in [0.717, 1.165) is 54.8 Å². The van der Waals surface area contributed by atoms with Crippen molar-refractivity contribution < 1.29 is 9.13 Å². The van der Waals surface area contributed by atoms with Crippen molar-refractivity contribution >= 4 is 28.2 Å². The Balaban J connectivity index is 1.42. The van der Waals surface area contributed by atoms with Gasteiger partial charge in [-0.1, -0.05) is 20.8 Å². The van der Waals surface area contributed by atoms with Crippen molar-refractivity contribution in [3.05, 3.63) is 54.7 Å². The standard InChI is InChI=1S/C32H39FN10O/c1-6-23-10-14-44-32-26(20-36-41(32)5)31-34-11-9-28(38-31)37-29-18-27-25(19-35-29)30(39-43(23)27)21-15-22(33)17-24(16-21)40(4)12-13-42(7-2)8-3/h9,11,15-20,23H,6-8,10,12-14H2,1-5H3,(H,34,35,37,38)/t23-/m0/s1. The van der Waals surface area contributed by atoms with Crippen LogP contribution in [0.5, 0.6) is 5.88 Å². The minimum atomic E-state index is -0.300. The highest BCUT2D eigenvalue weighted by molar-refractivity contribution is 5.94. The van der Waals surface area contributed by atoms with Crippen LogP contribution in [0.2, 0.25) is 0 Å². The Kier molecular flexibility index (Phi) is 8.42. The molecular formula is C32H39FN10O. The van der Waals surface area contributed by atoms with Gasteiger partial charge >= 0.3 is 0 Å². The van der Waals surface area contributed by atoms with E-state index in [4.69, 9.17) is 19.8 Å². The van der Waals surface area contributed by atoms with Crippen molar-refractivity contribution in [3.8, 4) is 28.5 Å². The summed E-state index contributed by atoms with van der Waals surface area (Å²) in [6.07, 6.45) is 6.75. The lowest BCUT2D eigenvalue weighted by molar-refractivity contribution is 0.252. The molecule has 5 heterocycles. The number of halogens is 1. The molecule has 6 rings (SSSR count). The number of rotatable bonds is 8. The Hall–Kier alpha value is -4.58. The van der Waals surface area contributed by atoms with Gasteiger partial charge in [-0.15, -0.1) is 0 Å². The molecule has 0 unspecified atom stereocenters. The fourth-order valence-electron chi connectivity index (χ4n) is 5.71. The number of pyridine rings is 1. The molecule has 44 heavy (non-hydrogen) atoms. The van der Waals surface area contributed by atoms with Crippen molar-refractivity contribution in [2.24, 2.45) is 7.05 Å². The molecule has 11 nitrogen and oxygen atoms in total. The Morgan fingerprint density at radius 2 is 1.89 bits per heavy atom. The van der Waals surface area contributed by atoms with Gasteiger partial charge in [-0.2, -0.15) is 10.2 Å². The number of benzene rings is 1. The number of hydrogen-bond acceptors (Lipinski definition) is 9. The van der Waals surface area contributed by atoms with Gasteiger partial charge in [0, 0.05) is 68.7 Å². The van der Waals surface area contributed by atoms with E-state index < -0.39 is 0 Å². The van der Waals surface area contributed by atoms with E-state index in [2.05, 4.69) is 46.0 Å². The molecule has 1 N–H and O–H groups in total. The molecule has 230 valence electrons. The maximum Gasteiger partial charge on any atom is 0.222 e. The summed E-state index contributed by atoms with van der Waals surface area (Å²) >= 11 is 0. The molecule has 0 saturated heterocycles. The first-order chi connectivity index (χ1) is 21.4. The lowest BCUT2D eigenvalue weighted by Crippen LogP contribution is -2.33. The van der Waals surface area contributed by atoms with Crippen molar-refractivity contribution in [1.29, 1.82) is 0 Å². The zero-order valence-corrected chi connectivity index (χ0v) is 26.0. The first kappa shape index (κ1) is 29.5. The average Bonchev–Trinajstić information content (AvgIpc) is 3.59. The summed E-state index contributed by atoms with van der Waals surface area (Å²) in [5.41, 5.74) is 3.84. The molecule has 0 fully saturated rings. The van der Waals surface area contributed by atoms with Gasteiger partial charge in [-0.25, -0.2) is 24.0 Å². The molecule has 0 amide bonds. The van der Waals surface area contributed by atoms with Gasteiger partial charge in [-0.3, -0.25) is 4.68 Å². The molecular weight excluding hydrogens is 559 g/mol. The second-order valence-corrected chi connectivity index (χ2v) is 11.1. The summed E-state index contributed by atoms with van der Waals surface area (Å²) in [6.45, 7) is 10.6. The predicted octanol–water partition coefficient (Wildman–Crippen LogP) is 5.68. The highest BCUT2D eigenvalue weighted by atomic mass is 19.1. The third-order valence-corrected chi connectivity index (χ3v) is 8.38. The van der Waals surface area contributed by atoms with E-state index in [1.54, 1.807) is 35.3 Å². The summed E-state index contributed by atoms with van der Waals surface area (Å²) in [5, 5.41) is 13.7. The van der Waals surface area contributed by atoms with E-state index in [9.17, 15) is 0 Å². The van der Waals surface area contributed by atoms with E-state index in [1.807, 2.05) is 37.1 Å². The van der Waals surface area contributed by atoms with Crippen LogP contribution < -0.4 is 15.0 Å². The second kappa shape index (κ2) is 12.6. The normalized spacial score (nSPS) is 14.8. The molecule has 1 aromatic carbocycles. The topological polar surface area (TPSA) is 102 Å². The van der Waals surface area contributed by atoms with Crippen LogP contribution >= 0.6 is 0 Å². The predicted molar refractivity (Wildman–Crippen MR) is 171 cm³/mol. The molecule has 1 aliphatic rings. The fourth-order valence-corrected chi connectivity index (χ4v) is 5.71. The van der Waals surface area contributed by atoms with Crippen LogP contribution in [0.15, 0.2) is 48.9 Å². The molecule has 4 aromatic heterocycles. The van der Waals surface area contributed by atoms with E-state index >= 15 is 4.39 Å². The number of aryl methyl sites for hydroxylation is 1. The number of likely N-dealkylation sites (N-methyl/N-ethyl adjacent to an activating group) is 2. The maximum atomic E-state index is 15.1. The number of fused-ring (bicyclic) bond motifs is 5.